The Labute approximate surface area is 116 Å². The highest BCUT2D eigenvalue weighted by atomic mass is 15.2. The minimum absolute atomic E-state index is 0.380. The molecule has 1 aliphatic rings. The van der Waals surface area contributed by atoms with E-state index in [2.05, 4.69) is 53.9 Å². The van der Waals surface area contributed by atoms with Crippen molar-refractivity contribution in [2.75, 3.05) is 29.9 Å². The van der Waals surface area contributed by atoms with Gasteiger partial charge in [-0.15, -0.1) is 0 Å². The molecule has 19 heavy (non-hydrogen) atoms. The third-order valence-corrected chi connectivity index (χ3v) is 3.95. The van der Waals surface area contributed by atoms with Crippen LogP contribution in [0, 0.1) is 11.3 Å². The van der Waals surface area contributed by atoms with Crippen molar-refractivity contribution >= 4 is 11.6 Å². The first kappa shape index (κ1) is 14.1. The molecule has 1 N–H and O–H groups in total. The van der Waals surface area contributed by atoms with E-state index >= 15 is 0 Å². The number of hydrogen-bond acceptors (Lipinski definition) is 4. The SMILES string of the molecule is CCCNc1cc(N2CCC(C(C)(C)C)C2)ncn1. The summed E-state index contributed by atoms with van der Waals surface area (Å²) in [6.07, 6.45) is 4.03. The highest BCUT2D eigenvalue weighted by molar-refractivity contribution is 5.49. The van der Waals surface area contributed by atoms with E-state index in [1.165, 1.54) is 6.42 Å². The fourth-order valence-corrected chi connectivity index (χ4v) is 2.54. The fraction of sp³-hybridized carbons (Fsp3) is 0.733. The maximum atomic E-state index is 4.42. The first-order chi connectivity index (χ1) is 9.00. The van der Waals surface area contributed by atoms with Crippen molar-refractivity contribution < 1.29 is 0 Å². The second-order valence-electron chi connectivity index (χ2n) is 6.49. The molecule has 2 rings (SSSR count). The quantitative estimate of drug-likeness (QED) is 0.905. The van der Waals surface area contributed by atoms with Gasteiger partial charge in [0.05, 0.1) is 0 Å². The van der Waals surface area contributed by atoms with Crippen molar-refractivity contribution in [3.63, 3.8) is 0 Å². The van der Waals surface area contributed by atoms with Crippen LogP contribution in [0.3, 0.4) is 0 Å². The standard InChI is InChI=1S/C15H26N4/c1-5-7-16-13-9-14(18-11-17-13)19-8-6-12(10-19)15(2,3)4/h9,11-12H,5-8,10H2,1-4H3,(H,16,17,18). The number of aromatic nitrogens is 2. The summed E-state index contributed by atoms with van der Waals surface area (Å²) in [7, 11) is 0. The topological polar surface area (TPSA) is 41.0 Å². The lowest BCUT2D eigenvalue weighted by molar-refractivity contribution is 0.263. The maximum Gasteiger partial charge on any atom is 0.134 e. The molecule has 1 fully saturated rings. The lowest BCUT2D eigenvalue weighted by Crippen LogP contribution is -2.26. The molecule has 0 bridgehead atoms. The molecule has 0 aromatic carbocycles. The van der Waals surface area contributed by atoms with Gasteiger partial charge in [0.2, 0.25) is 0 Å². The van der Waals surface area contributed by atoms with Gasteiger partial charge in [0.25, 0.3) is 0 Å². The van der Waals surface area contributed by atoms with E-state index < -0.39 is 0 Å². The zero-order chi connectivity index (χ0) is 13.9. The molecule has 0 radical (unpaired) electrons. The predicted octanol–water partition coefficient (Wildman–Crippen LogP) is 3.17. The van der Waals surface area contributed by atoms with Crippen LogP contribution in [0.25, 0.3) is 0 Å². The molecule has 1 aromatic rings. The molecule has 1 atom stereocenters. The second kappa shape index (κ2) is 5.76. The fourth-order valence-electron chi connectivity index (χ4n) is 2.54. The van der Waals surface area contributed by atoms with E-state index in [-0.39, 0.29) is 0 Å². The first-order valence-electron chi connectivity index (χ1n) is 7.31. The van der Waals surface area contributed by atoms with E-state index in [9.17, 15) is 0 Å². The molecule has 4 heteroatoms. The molecule has 106 valence electrons. The number of rotatable bonds is 4. The Hall–Kier alpha value is -1.32. The lowest BCUT2D eigenvalue weighted by atomic mass is 9.80. The minimum atomic E-state index is 0.380. The Morgan fingerprint density at radius 3 is 2.79 bits per heavy atom. The van der Waals surface area contributed by atoms with E-state index in [4.69, 9.17) is 0 Å². The zero-order valence-corrected chi connectivity index (χ0v) is 12.6. The van der Waals surface area contributed by atoms with Crippen molar-refractivity contribution in [1.82, 2.24) is 9.97 Å². The van der Waals surface area contributed by atoms with E-state index in [1.54, 1.807) is 6.33 Å². The maximum absolute atomic E-state index is 4.42. The Morgan fingerprint density at radius 2 is 2.16 bits per heavy atom. The van der Waals surface area contributed by atoms with Crippen LogP contribution >= 0.6 is 0 Å². The molecular weight excluding hydrogens is 236 g/mol. The average Bonchev–Trinajstić information content (AvgIpc) is 2.86. The van der Waals surface area contributed by atoms with Gasteiger partial charge in [-0.2, -0.15) is 0 Å². The van der Waals surface area contributed by atoms with Crippen molar-refractivity contribution in [2.24, 2.45) is 11.3 Å². The monoisotopic (exact) mass is 262 g/mol. The summed E-state index contributed by atoms with van der Waals surface area (Å²) in [6.45, 7) is 12.3. The van der Waals surface area contributed by atoms with E-state index in [1.807, 2.05) is 0 Å². The van der Waals surface area contributed by atoms with Crippen molar-refractivity contribution in [2.45, 2.75) is 40.5 Å². The van der Waals surface area contributed by atoms with Crippen molar-refractivity contribution in [3.8, 4) is 0 Å². The molecule has 0 saturated carbocycles. The predicted molar refractivity (Wildman–Crippen MR) is 80.6 cm³/mol. The van der Waals surface area contributed by atoms with Gasteiger partial charge in [-0.05, 0) is 24.2 Å². The van der Waals surface area contributed by atoms with Crippen LogP contribution in [-0.2, 0) is 0 Å². The summed E-state index contributed by atoms with van der Waals surface area (Å²) >= 11 is 0. The number of nitrogens with zero attached hydrogens (tertiary/aromatic N) is 3. The molecule has 0 spiro atoms. The van der Waals surface area contributed by atoms with Crippen LogP contribution < -0.4 is 10.2 Å². The van der Waals surface area contributed by atoms with Crippen LogP contribution in [-0.4, -0.2) is 29.6 Å². The van der Waals surface area contributed by atoms with E-state index in [0.29, 0.717) is 5.41 Å². The summed E-state index contributed by atoms with van der Waals surface area (Å²) in [5.74, 6) is 2.74. The van der Waals surface area contributed by atoms with Gasteiger partial charge in [0, 0.05) is 25.7 Å². The largest absolute Gasteiger partial charge is 0.370 e. The molecule has 1 aromatic heterocycles. The molecule has 4 nitrogen and oxygen atoms in total. The van der Waals surface area contributed by atoms with Gasteiger partial charge in [-0.25, -0.2) is 9.97 Å². The lowest BCUT2D eigenvalue weighted by Gasteiger charge is -2.27. The van der Waals surface area contributed by atoms with E-state index in [0.717, 1.165) is 43.6 Å². The van der Waals surface area contributed by atoms with Gasteiger partial charge >= 0.3 is 0 Å². The Balaban J connectivity index is 2.03. The normalized spacial score (nSPS) is 19.8. The smallest absolute Gasteiger partial charge is 0.134 e. The molecular formula is C15H26N4. The van der Waals surface area contributed by atoms with Gasteiger partial charge in [-0.3, -0.25) is 0 Å². The first-order valence-corrected chi connectivity index (χ1v) is 7.31. The molecule has 0 amide bonds. The van der Waals surface area contributed by atoms with Crippen molar-refractivity contribution in [1.29, 1.82) is 0 Å². The van der Waals surface area contributed by atoms with Gasteiger partial charge < -0.3 is 10.2 Å². The van der Waals surface area contributed by atoms with Crippen LogP contribution in [0.15, 0.2) is 12.4 Å². The zero-order valence-electron chi connectivity index (χ0n) is 12.6. The molecule has 0 aliphatic carbocycles. The third kappa shape index (κ3) is 3.58. The van der Waals surface area contributed by atoms with Crippen LogP contribution in [0.5, 0.6) is 0 Å². The summed E-state index contributed by atoms with van der Waals surface area (Å²) in [4.78, 5) is 11.1. The summed E-state index contributed by atoms with van der Waals surface area (Å²) in [5, 5.41) is 3.32. The van der Waals surface area contributed by atoms with Crippen LogP contribution in [0.2, 0.25) is 0 Å². The number of hydrogen-bond donors (Lipinski definition) is 1. The summed E-state index contributed by atoms with van der Waals surface area (Å²) in [5.41, 5.74) is 0.380. The molecule has 1 aliphatic heterocycles. The summed E-state index contributed by atoms with van der Waals surface area (Å²) < 4.78 is 0. The minimum Gasteiger partial charge on any atom is -0.370 e. The van der Waals surface area contributed by atoms with Gasteiger partial charge in [0.15, 0.2) is 0 Å². The number of anilines is 2. The Kier molecular flexibility index (Phi) is 4.27. The average molecular weight is 262 g/mol. The molecule has 1 saturated heterocycles. The Morgan fingerprint density at radius 1 is 1.37 bits per heavy atom. The highest BCUT2D eigenvalue weighted by Crippen LogP contribution is 2.35. The third-order valence-electron chi connectivity index (χ3n) is 3.95. The van der Waals surface area contributed by atoms with Gasteiger partial charge in [-0.1, -0.05) is 27.7 Å². The molecule has 1 unspecified atom stereocenters. The Bertz CT molecular complexity index is 411. The second-order valence-corrected chi connectivity index (χ2v) is 6.49. The molecule has 2 heterocycles. The van der Waals surface area contributed by atoms with Crippen LogP contribution in [0.4, 0.5) is 11.6 Å². The number of nitrogens with one attached hydrogen (secondary N) is 1. The van der Waals surface area contributed by atoms with Crippen LogP contribution in [0.1, 0.15) is 40.5 Å². The highest BCUT2D eigenvalue weighted by Gasteiger charge is 2.32. The van der Waals surface area contributed by atoms with Gasteiger partial charge in [0.1, 0.15) is 18.0 Å². The summed E-state index contributed by atoms with van der Waals surface area (Å²) in [6, 6.07) is 2.07. The van der Waals surface area contributed by atoms with Crippen molar-refractivity contribution in [3.05, 3.63) is 12.4 Å².